The molecule has 0 bridgehead atoms. The molecule has 1 aliphatic carbocycles. The van der Waals surface area contributed by atoms with E-state index in [1.807, 2.05) is 36.4 Å². The molecule has 0 fully saturated rings. The van der Waals surface area contributed by atoms with Gasteiger partial charge in [-0.25, -0.2) is 0 Å². The van der Waals surface area contributed by atoms with Gasteiger partial charge < -0.3 is 19.3 Å². The number of hydrogen-bond donors (Lipinski definition) is 1. The number of unbranched alkanes of at least 4 members (excludes halogenated alkanes) is 2. The average Bonchev–Trinajstić information content (AvgIpc) is 3.25. The van der Waals surface area contributed by atoms with Gasteiger partial charge in [0.05, 0.1) is 0 Å². The van der Waals surface area contributed by atoms with Gasteiger partial charge in [0.25, 0.3) is 0 Å². The predicted molar refractivity (Wildman–Crippen MR) is 150 cm³/mol. The van der Waals surface area contributed by atoms with Gasteiger partial charge in [0.2, 0.25) is 0 Å². The number of fused-ring (bicyclic) bond motifs is 3. The highest BCUT2D eigenvalue weighted by molar-refractivity contribution is 5.99. The highest BCUT2D eigenvalue weighted by atomic mass is 16.5. The standard InChI is InChI=1S/C32H42O7/c1-3-4-16-37-18-7-9-31(35)24-11-13-26-27-14-12-25(32(36)10-8-19-38-17-6-5-15-33)21-29(27)30(28(26)20-24)22-39-23(2)34/h11-14,20-21,30,33H,3-10,15-19,22H2,1-2H3. The van der Waals surface area contributed by atoms with Crippen LogP contribution in [0.1, 0.15) is 103 Å². The lowest BCUT2D eigenvalue weighted by atomic mass is 9.93. The molecule has 0 heterocycles. The molecule has 1 N–H and O–H groups in total. The van der Waals surface area contributed by atoms with Gasteiger partial charge in [0, 0.05) is 69.8 Å². The second-order valence-corrected chi connectivity index (χ2v) is 10.0. The number of Topliss-reactive ketones (excluding diaryl/α,β-unsaturated/α-hetero) is 2. The minimum absolute atomic E-state index is 0.0379. The molecule has 0 aliphatic heterocycles. The fourth-order valence-electron chi connectivity index (χ4n) is 4.81. The number of esters is 1. The summed E-state index contributed by atoms with van der Waals surface area (Å²) in [6, 6.07) is 11.4. The van der Waals surface area contributed by atoms with Crippen molar-refractivity contribution in [3.8, 4) is 11.1 Å². The number of carbonyl (C=O) groups excluding carboxylic acids is 3. The summed E-state index contributed by atoms with van der Waals surface area (Å²) in [6.07, 6.45) is 5.73. The maximum absolute atomic E-state index is 12.9. The van der Waals surface area contributed by atoms with Crippen LogP contribution in [0.15, 0.2) is 36.4 Å². The summed E-state index contributed by atoms with van der Waals surface area (Å²) in [4.78, 5) is 37.5. The summed E-state index contributed by atoms with van der Waals surface area (Å²) >= 11 is 0. The van der Waals surface area contributed by atoms with Gasteiger partial charge in [-0.1, -0.05) is 37.6 Å². The number of aliphatic hydroxyl groups is 1. The van der Waals surface area contributed by atoms with Crippen molar-refractivity contribution in [2.45, 2.75) is 71.1 Å². The lowest BCUT2D eigenvalue weighted by Gasteiger charge is -2.15. The van der Waals surface area contributed by atoms with Crippen molar-refractivity contribution >= 4 is 17.5 Å². The van der Waals surface area contributed by atoms with Crippen molar-refractivity contribution in [2.75, 3.05) is 39.6 Å². The fraction of sp³-hybridized carbons (Fsp3) is 0.531. The maximum Gasteiger partial charge on any atom is 0.302 e. The Morgan fingerprint density at radius 1 is 0.744 bits per heavy atom. The van der Waals surface area contributed by atoms with E-state index in [2.05, 4.69) is 6.92 Å². The number of aliphatic hydroxyl groups excluding tert-OH is 1. The first kappa shape index (κ1) is 30.7. The van der Waals surface area contributed by atoms with E-state index in [1.165, 1.54) is 6.92 Å². The first-order valence-electron chi connectivity index (χ1n) is 14.2. The van der Waals surface area contributed by atoms with Crippen LogP contribution < -0.4 is 0 Å². The van der Waals surface area contributed by atoms with Crippen LogP contribution in [0, 0.1) is 0 Å². The molecular formula is C32H42O7. The number of hydrogen-bond acceptors (Lipinski definition) is 7. The minimum Gasteiger partial charge on any atom is -0.465 e. The summed E-state index contributed by atoms with van der Waals surface area (Å²) in [7, 11) is 0. The highest BCUT2D eigenvalue weighted by Gasteiger charge is 2.31. The summed E-state index contributed by atoms with van der Waals surface area (Å²) in [5, 5.41) is 8.83. The van der Waals surface area contributed by atoms with E-state index in [-0.39, 0.29) is 36.7 Å². The van der Waals surface area contributed by atoms with E-state index in [0.29, 0.717) is 63.1 Å². The Morgan fingerprint density at radius 3 is 1.74 bits per heavy atom. The lowest BCUT2D eigenvalue weighted by Crippen LogP contribution is -2.11. The number of carbonyl (C=O) groups is 3. The Bertz CT molecular complexity index is 1110. The number of ketones is 2. The summed E-state index contributed by atoms with van der Waals surface area (Å²) in [6.45, 7) is 6.20. The SMILES string of the molecule is CCCCOCCCC(=O)c1ccc2c(c1)C(COC(C)=O)c1cc(C(=O)CCCOCCCCO)ccc1-2. The number of rotatable bonds is 19. The van der Waals surface area contributed by atoms with Crippen LogP contribution in [0.5, 0.6) is 0 Å². The second-order valence-electron chi connectivity index (χ2n) is 10.0. The van der Waals surface area contributed by atoms with Crippen molar-refractivity contribution in [2.24, 2.45) is 0 Å². The monoisotopic (exact) mass is 538 g/mol. The van der Waals surface area contributed by atoms with Crippen LogP contribution in [0.4, 0.5) is 0 Å². The van der Waals surface area contributed by atoms with Crippen LogP contribution in [0.3, 0.4) is 0 Å². The molecule has 39 heavy (non-hydrogen) atoms. The first-order chi connectivity index (χ1) is 19.0. The Balaban J connectivity index is 1.69. The molecule has 0 spiro atoms. The molecule has 3 rings (SSSR count). The van der Waals surface area contributed by atoms with Crippen LogP contribution in [-0.4, -0.2) is 62.3 Å². The normalized spacial score (nSPS) is 13.7. The number of benzene rings is 2. The molecular weight excluding hydrogens is 496 g/mol. The third-order valence-electron chi connectivity index (χ3n) is 6.97. The fourth-order valence-corrected chi connectivity index (χ4v) is 4.81. The minimum atomic E-state index is -0.369. The van der Waals surface area contributed by atoms with Gasteiger partial charge in [-0.15, -0.1) is 0 Å². The molecule has 7 heteroatoms. The quantitative estimate of drug-likeness (QED) is 0.135. The average molecular weight is 539 g/mol. The van der Waals surface area contributed by atoms with E-state index >= 15 is 0 Å². The highest BCUT2D eigenvalue weighted by Crippen LogP contribution is 2.46. The van der Waals surface area contributed by atoms with Crippen molar-refractivity contribution < 1.29 is 33.7 Å². The van der Waals surface area contributed by atoms with Crippen molar-refractivity contribution in [1.29, 1.82) is 0 Å². The van der Waals surface area contributed by atoms with Crippen LogP contribution >= 0.6 is 0 Å². The van der Waals surface area contributed by atoms with E-state index in [9.17, 15) is 14.4 Å². The largest absolute Gasteiger partial charge is 0.465 e. The molecule has 0 saturated carbocycles. The van der Waals surface area contributed by atoms with Gasteiger partial charge in [-0.2, -0.15) is 0 Å². The smallest absolute Gasteiger partial charge is 0.302 e. The zero-order valence-corrected chi connectivity index (χ0v) is 23.3. The molecule has 0 radical (unpaired) electrons. The molecule has 2 aromatic carbocycles. The third kappa shape index (κ3) is 9.09. The molecule has 0 amide bonds. The van der Waals surface area contributed by atoms with Gasteiger partial charge in [0.1, 0.15) is 6.61 Å². The van der Waals surface area contributed by atoms with E-state index in [0.717, 1.165) is 48.1 Å². The van der Waals surface area contributed by atoms with Crippen molar-refractivity contribution in [3.05, 3.63) is 58.7 Å². The van der Waals surface area contributed by atoms with Crippen LogP contribution in [0.25, 0.3) is 11.1 Å². The first-order valence-corrected chi connectivity index (χ1v) is 14.2. The zero-order chi connectivity index (χ0) is 28.0. The zero-order valence-electron chi connectivity index (χ0n) is 23.3. The summed E-state index contributed by atoms with van der Waals surface area (Å²) in [5.74, 6) is -0.511. The molecule has 0 saturated heterocycles. The Hall–Kier alpha value is -2.87. The Labute approximate surface area is 231 Å². The molecule has 1 aliphatic rings. The van der Waals surface area contributed by atoms with Crippen LogP contribution in [-0.2, 0) is 19.0 Å². The molecule has 2 aromatic rings. The Kier molecular flexibility index (Phi) is 12.8. The van der Waals surface area contributed by atoms with Gasteiger partial charge >= 0.3 is 5.97 Å². The van der Waals surface area contributed by atoms with E-state index in [4.69, 9.17) is 19.3 Å². The molecule has 1 unspecified atom stereocenters. The van der Waals surface area contributed by atoms with E-state index in [1.54, 1.807) is 0 Å². The van der Waals surface area contributed by atoms with Gasteiger partial charge in [-0.05, 0) is 66.5 Å². The Morgan fingerprint density at radius 2 is 1.26 bits per heavy atom. The topological polar surface area (TPSA) is 99.1 Å². The molecule has 1 atom stereocenters. The third-order valence-corrected chi connectivity index (χ3v) is 6.97. The predicted octanol–water partition coefficient (Wildman–Crippen LogP) is 5.89. The molecule has 212 valence electrons. The summed E-state index contributed by atoms with van der Waals surface area (Å²) in [5.41, 5.74) is 5.13. The van der Waals surface area contributed by atoms with E-state index < -0.39 is 0 Å². The van der Waals surface area contributed by atoms with Crippen LogP contribution in [0.2, 0.25) is 0 Å². The molecule has 0 aromatic heterocycles. The van der Waals surface area contributed by atoms with Crippen molar-refractivity contribution in [3.63, 3.8) is 0 Å². The molecule has 7 nitrogen and oxygen atoms in total. The van der Waals surface area contributed by atoms with Crippen molar-refractivity contribution in [1.82, 2.24) is 0 Å². The number of ether oxygens (including phenoxy) is 3. The second kappa shape index (κ2) is 16.3. The summed E-state index contributed by atoms with van der Waals surface area (Å²) < 4.78 is 16.5. The van der Waals surface area contributed by atoms with Gasteiger partial charge in [0.15, 0.2) is 11.6 Å². The maximum atomic E-state index is 12.9. The lowest BCUT2D eigenvalue weighted by molar-refractivity contribution is -0.141. The van der Waals surface area contributed by atoms with Gasteiger partial charge in [-0.3, -0.25) is 14.4 Å².